The van der Waals surface area contributed by atoms with Crippen molar-refractivity contribution < 1.29 is 26.7 Å². The van der Waals surface area contributed by atoms with Crippen LogP contribution in [0.1, 0.15) is 12.8 Å². The maximum Gasteiger partial charge on any atom is 0.187 e. The van der Waals surface area contributed by atoms with Gasteiger partial charge in [-0.3, -0.25) is 9.59 Å². The zero-order valence-electron chi connectivity index (χ0n) is 12.7. The van der Waals surface area contributed by atoms with Crippen molar-refractivity contribution in [3.05, 3.63) is 72.2 Å². The molecule has 125 valence electrons. The molecule has 0 aliphatic heterocycles. The van der Waals surface area contributed by atoms with Gasteiger partial charge >= 0.3 is 0 Å². The van der Waals surface area contributed by atoms with E-state index in [1.807, 2.05) is 12.2 Å². The summed E-state index contributed by atoms with van der Waals surface area (Å²) in [6.07, 6.45) is 19.4. The molecule has 2 aliphatic carbocycles. The van der Waals surface area contributed by atoms with E-state index in [0.29, 0.717) is 11.1 Å². The Labute approximate surface area is 147 Å². The molecule has 2 N–H and O–H groups in total. The average molecular weight is 360 g/mol. The first-order valence-corrected chi connectivity index (χ1v) is 7.42. The molecular weight excluding hydrogens is 340 g/mol. The second-order valence-electron chi connectivity index (χ2n) is 4.98. The first kappa shape index (κ1) is 18.9. The number of unbranched alkanes of at least 4 members (excludes halogenated alkanes) is 1. The van der Waals surface area contributed by atoms with Crippen molar-refractivity contribution in [2.24, 2.45) is 0 Å². The number of hydrogen-bond donors (Lipinski definition) is 2. The van der Waals surface area contributed by atoms with Crippen LogP contribution < -0.4 is 10.6 Å². The molecule has 5 heteroatoms. The van der Waals surface area contributed by atoms with Gasteiger partial charge in [0.2, 0.25) is 0 Å². The fourth-order valence-electron chi connectivity index (χ4n) is 2.02. The van der Waals surface area contributed by atoms with Crippen molar-refractivity contribution in [3.63, 3.8) is 0 Å². The van der Waals surface area contributed by atoms with Gasteiger partial charge in [-0.1, -0.05) is 24.3 Å². The van der Waals surface area contributed by atoms with Gasteiger partial charge in [-0.2, -0.15) is 0 Å². The van der Waals surface area contributed by atoms with Gasteiger partial charge in [-0.05, 0) is 37.1 Å². The van der Waals surface area contributed by atoms with Crippen molar-refractivity contribution in [2.75, 3.05) is 13.1 Å². The van der Waals surface area contributed by atoms with Gasteiger partial charge in [0.15, 0.2) is 11.6 Å². The van der Waals surface area contributed by atoms with E-state index in [0.717, 1.165) is 25.9 Å². The van der Waals surface area contributed by atoms with Crippen LogP contribution >= 0.6 is 0 Å². The maximum absolute atomic E-state index is 11.5. The van der Waals surface area contributed by atoms with Crippen molar-refractivity contribution in [1.82, 2.24) is 10.6 Å². The van der Waals surface area contributed by atoms with E-state index in [4.69, 9.17) is 0 Å². The van der Waals surface area contributed by atoms with Gasteiger partial charge in [0, 0.05) is 53.7 Å². The van der Waals surface area contributed by atoms with Crippen LogP contribution in [0.15, 0.2) is 72.2 Å². The van der Waals surface area contributed by atoms with Crippen LogP contribution in [-0.4, -0.2) is 24.7 Å². The normalized spacial score (nSPS) is 19.3. The second-order valence-corrected chi connectivity index (χ2v) is 4.98. The summed E-state index contributed by atoms with van der Waals surface area (Å²) in [5.41, 5.74) is 1.36. The molecule has 0 aromatic heterocycles. The number of rotatable bonds is 7. The number of nitrogens with one attached hydrogen (secondary N) is 2. The molecule has 4 nitrogen and oxygen atoms in total. The summed E-state index contributed by atoms with van der Waals surface area (Å²) in [5, 5.41) is 6.29. The predicted octanol–water partition coefficient (Wildman–Crippen LogP) is 2.10. The first-order chi connectivity index (χ1) is 10.8. The molecule has 1 radical (unpaired) electrons. The fourth-order valence-corrected chi connectivity index (χ4v) is 2.02. The Hall–Kier alpha value is -2.10. The summed E-state index contributed by atoms with van der Waals surface area (Å²) in [4.78, 5) is 23.0. The minimum atomic E-state index is 0. The third-order valence-corrected chi connectivity index (χ3v) is 3.25. The summed E-state index contributed by atoms with van der Waals surface area (Å²) in [6.45, 7) is 1.63. The molecule has 2 aliphatic rings. The predicted molar refractivity (Wildman–Crippen MR) is 88.0 cm³/mol. The molecule has 0 amide bonds. The summed E-state index contributed by atoms with van der Waals surface area (Å²) < 4.78 is 0. The van der Waals surface area contributed by atoms with Crippen LogP contribution in [0.2, 0.25) is 0 Å². The average Bonchev–Trinajstić information content (AvgIpc) is 2.53. The molecule has 0 saturated carbocycles. The van der Waals surface area contributed by atoms with Gasteiger partial charge in [-0.15, -0.1) is 0 Å². The SMILES string of the molecule is O=C1C=CC=C/C1=C/NCCCCN/C=C1\C=CC=CC1=O.[Cu]. The Kier molecular flexibility index (Phi) is 8.73. The van der Waals surface area contributed by atoms with Gasteiger partial charge in [0.25, 0.3) is 0 Å². The minimum absolute atomic E-state index is 0. The Morgan fingerprint density at radius 1 is 0.696 bits per heavy atom. The van der Waals surface area contributed by atoms with E-state index in [1.165, 1.54) is 0 Å². The van der Waals surface area contributed by atoms with E-state index in [2.05, 4.69) is 10.6 Å². The molecule has 0 fully saturated rings. The third-order valence-electron chi connectivity index (χ3n) is 3.25. The van der Waals surface area contributed by atoms with Gasteiger partial charge in [0.05, 0.1) is 0 Å². The van der Waals surface area contributed by atoms with Crippen LogP contribution in [0.5, 0.6) is 0 Å². The summed E-state index contributed by atoms with van der Waals surface area (Å²) in [5.74, 6) is 0.0603. The van der Waals surface area contributed by atoms with E-state index in [1.54, 1.807) is 48.9 Å². The van der Waals surface area contributed by atoms with Crippen LogP contribution in [0.3, 0.4) is 0 Å². The quantitative estimate of drug-likeness (QED) is 0.415. The molecule has 0 aromatic rings. The fraction of sp³-hybridized carbons (Fsp3) is 0.222. The van der Waals surface area contributed by atoms with Crippen molar-refractivity contribution >= 4 is 11.6 Å². The zero-order valence-corrected chi connectivity index (χ0v) is 13.7. The third kappa shape index (κ3) is 6.68. The molecule has 0 saturated heterocycles. The Bertz CT molecular complexity index is 557. The number of carbonyl (C=O) groups is 2. The van der Waals surface area contributed by atoms with E-state index in [9.17, 15) is 9.59 Å². The van der Waals surface area contributed by atoms with Crippen molar-refractivity contribution in [3.8, 4) is 0 Å². The molecule has 0 bridgehead atoms. The minimum Gasteiger partial charge on any atom is -0.390 e. The topological polar surface area (TPSA) is 58.2 Å². The van der Waals surface area contributed by atoms with Gasteiger partial charge in [-0.25, -0.2) is 0 Å². The largest absolute Gasteiger partial charge is 0.390 e. The molecule has 2 rings (SSSR count). The molecule has 23 heavy (non-hydrogen) atoms. The summed E-state index contributed by atoms with van der Waals surface area (Å²) in [7, 11) is 0. The first-order valence-electron chi connectivity index (χ1n) is 7.42. The second kappa shape index (κ2) is 10.6. The van der Waals surface area contributed by atoms with Crippen LogP contribution in [0, 0.1) is 0 Å². The number of carbonyl (C=O) groups excluding carboxylic acids is 2. The standard InChI is InChI=1S/C18H20N2O2.Cu/c21-17-9-3-1-7-15(17)13-19-11-5-6-12-20-14-16-8-2-4-10-18(16)22;/h1-4,7-10,13-14,19-20H,5-6,11-12H2;/b15-13-,16-14+;. The molecular formula is C18H20CuN2O2. The van der Waals surface area contributed by atoms with Gasteiger partial charge in [0.1, 0.15) is 0 Å². The monoisotopic (exact) mass is 359 g/mol. The van der Waals surface area contributed by atoms with E-state index < -0.39 is 0 Å². The number of ketones is 2. The number of allylic oxidation sites excluding steroid dienone is 10. The van der Waals surface area contributed by atoms with E-state index >= 15 is 0 Å². The summed E-state index contributed by atoms with van der Waals surface area (Å²) >= 11 is 0. The van der Waals surface area contributed by atoms with Crippen molar-refractivity contribution in [2.45, 2.75) is 12.8 Å². The summed E-state index contributed by atoms with van der Waals surface area (Å²) in [6, 6.07) is 0. The molecule has 0 unspecified atom stereocenters. The van der Waals surface area contributed by atoms with Crippen LogP contribution in [-0.2, 0) is 26.7 Å². The molecule has 0 atom stereocenters. The van der Waals surface area contributed by atoms with Gasteiger partial charge < -0.3 is 10.6 Å². The molecule has 0 spiro atoms. The Morgan fingerprint density at radius 2 is 1.09 bits per heavy atom. The maximum atomic E-state index is 11.5. The van der Waals surface area contributed by atoms with Crippen LogP contribution in [0.4, 0.5) is 0 Å². The zero-order chi connectivity index (χ0) is 15.6. The molecule has 0 heterocycles. The van der Waals surface area contributed by atoms with Crippen molar-refractivity contribution in [1.29, 1.82) is 0 Å². The number of hydrogen-bond acceptors (Lipinski definition) is 4. The Morgan fingerprint density at radius 3 is 1.48 bits per heavy atom. The molecule has 0 aromatic carbocycles. The van der Waals surface area contributed by atoms with E-state index in [-0.39, 0.29) is 28.6 Å². The Balaban J connectivity index is 0.00000264. The smallest absolute Gasteiger partial charge is 0.187 e. The van der Waals surface area contributed by atoms with Crippen LogP contribution in [0.25, 0.3) is 0 Å².